The fraction of sp³-hybridized carbons (Fsp3) is 0.0714. The summed E-state index contributed by atoms with van der Waals surface area (Å²) in [6.07, 6.45) is 3.73. The number of para-hydroxylation sites is 1. The first kappa shape index (κ1) is 20.5. The molecular weight excluding hydrogens is 410 g/mol. The molecule has 0 bridgehead atoms. The zero-order valence-corrected chi connectivity index (χ0v) is 18.0. The quantitative estimate of drug-likeness (QED) is 0.277. The molecule has 0 aliphatic carbocycles. The van der Waals surface area contributed by atoms with E-state index in [1.54, 1.807) is 6.21 Å². The van der Waals surface area contributed by atoms with E-state index in [0.29, 0.717) is 5.75 Å². The number of nitrogens with one attached hydrogen (secondary N) is 1. The predicted molar refractivity (Wildman–Crippen MR) is 133 cm³/mol. The van der Waals surface area contributed by atoms with E-state index in [2.05, 4.69) is 45.6 Å². The number of amides is 1. The maximum absolute atomic E-state index is 12.2. The van der Waals surface area contributed by atoms with Crippen LogP contribution in [0.1, 0.15) is 11.1 Å². The highest BCUT2D eigenvalue weighted by Crippen LogP contribution is 2.22. The van der Waals surface area contributed by atoms with Crippen LogP contribution in [-0.4, -0.2) is 23.3 Å². The van der Waals surface area contributed by atoms with Crippen molar-refractivity contribution >= 4 is 33.8 Å². The van der Waals surface area contributed by atoms with Crippen molar-refractivity contribution < 1.29 is 9.53 Å². The van der Waals surface area contributed by atoms with Gasteiger partial charge in [0.25, 0.3) is 5.91 Å². The molecule has 1 N–H and O–H groups in total. The van der Waals surface area contributed by atoms with Gasteiger partial charge in [0.05, 0.1) is 6.21 Å². The highest BCUT2D eigenvalue weighted by atomic mass is 16.5. The molecule has 5 rings (SSSR count). The van der Waals surface area contributed by atoms with Crippen LogP contribution in [0.5, 0.6) is 5.75 Å². The Balaban J connectivity index is 1.24. The van der Waals surface area contributed by atoms with Gasteiger partial charge < -0.3 is 9.30 Å². The standard InChI is InChI=1S/C28H23N3O2/c32-28(20-33-25-15-14-22-10-4-5-11-23(22)16-25)30-29-17-24-19-31(18-21-8-2-1-3-9-21)27-13-7-6-12-26(24)27/h1-17,19H,18,20H2,(H,30,32)/b29-17+. The first-order valence-corrected chi connectivity index (χ1v) is 10.8. The fourth-order valence-electron chi connectivity index (χ4n) is 3.90. The molecule has 0 unspecified atom stereocenters. The maximum Gasteiger partial charge on any atom is 0.277 e. The summed E-state index contributed by atoms with van der Waals surface area (Å²) in [6, 6.07) is 32.3. The minimum atomic E-state index is -0.313. The molecule has 5 heteroatoms. The molecule has 162 valence electrons. The molecule has 1 aromatic heterocycles. The highest BCUT2D eigenvalue weighted by Gasteiger charge is 2.08. The van der Waals surface area contributed by atoms with Crippen molar-refractivity contribution in [1.82, 2.24) is 9.99 Å². The summed E-state index contributed by atoms with van der Waals surface area (Å²) in [6.45, 7) is 0.659. The molecule has 33 heavy (non-hydrogen) atoms. The van der Waals surface area contributed by atoms with E-state index in [-0.39, 0.29) is 12.5 Å². The van der Waals surface area contributed by atoms with Gasteiger partial charge in [0.1, 0.15) is 5.75 Å². The van der Waals surface area contributed by atoms with Crippen LogP contribution in [-0.2, 0) is 11.3 Å². The molecule has 1 heterocycles. The summed E-state index contributed by atoms with van der Waals surface area (Å²) in [5.74, 6) is 0.337. The third kappa shape index (κ3) is 4.77. The zero-order valence-electron chi connectivity index (χ0n) is 18.0. The number of ether oxygens (including phenoxy) is 1. The Morgan fingerprint density at radius 3 is 2.52 bits per heavy atom. The lowest BCUT2D eigenvalue weighted by Gasteiger charge is -2.06. The number of carbonyl (C=O) groups is 1. The van der Waals surface area contributed by atoms with Crippen molar-refractivity contribution in [2.24, 2.45) is 5.10 Å². The second-order valence-corrected chi connectivity index (χ2v) is 7.81. The van der Waals surface area contributed by atoms with Gasteiger partial charge in [0.2, 0.25) is 0 Å². The maximum atomic E-state index is 12.2. The van der Waals surface area contributed by atoms with Crippen LogP contribution >= 0.6 is 0 Å². The SMILES string of the molecule is O=C(COc1ccc2ccccc2c1)N/N=C/c1cn(Cc2ccccc2)c2ccccc12. The largest absolute Gasteiger partial charge is 0.484 e. The van der Waals surface area contributed by atoms with Crippen molar-refractivity contribution in [3.8, 4) is 5.75 Å². The Bertz CT molecular complexity index is 1440. The molecule has 4 aromatic carbocycles. The number of aromatic nitrogens is 1. The monoisotopic (exact) mass is 433 g/mol. The number of nitrogens with zero attached hydrogens (tertiary/aromatic N) is 2. The predicted octanol–water partition coefficient (Wildman–Crippen LogP) is 5.37. The second-order valence-electron chi connectivity index (χ2n) is 7.81. The van der Waals surface area contributed by atoms with E-state index in [1.165, 1.54) is 5.56 Å². The number of carbonyl (C=O) groups excluding carboxylic acids is 1. The minimum absolute atomic E-state index is 0.106. The van der Waals surface area contributed by atoms with E-state index in [0.717, 1.165) is 33.8 Å². The number of hydrogen-bond acceptors (Lipinski definition) is 3. The average molecular weight is 434 g/mol. The van der Waals surface area contributed by atoms with Gasteiger partial charge in [0.15, 0.2) is 6.61 Å². The summed E-state index contributed by atoms with van der Waals surface area (Å²) in [5.41, 5.74) is 5.84. The Hall–Kier alpha value is -4.38. The molecular formula is C28H23N3O2. The summed E-state index contributed by atoms with van der Waals surface area (Å²) in [7, 11) is 0. The topological polar surface area (TPSA) is 55.6 Å². The summed E-state index contributed by atoms with van der Waals surface area (Å²) >= 11 is 0. The Morgan fingerprint density at radius 2 is 1.64 bits per heavy atom. The van der Waals surface area contributed by atoms with Crippen LogP contribution in [0, 0.1) is 0 Å². The molecule has 5 nitrogen and oxygen atoms in total. The van der Waals surface area contributed by atoms with Gasteiger partial charge in [-0.3, -0.25) is 4.79 Å². The molecule has 0 aliphatic heterocycles. The van der Waals surface area contributed by atoms with Gasteiger partial charge in [-0.1, -0.05) is 78.9 Å². The lowest BCUT2D eigenvalue weighted by Crippen LogP contribution is -2.24. The minimum Gasteiger partial charge on any atom is -0.484 e. The van der Waals surface area contributed by atoms with Gasteiger partial charge in [-0.2, -0.15) is 5.10 Å². The molecule has 0 saturated carbocycles. The van der Waals surface area contributed by atoms with Crippen LogP contribution in [0.15, 0.2) is 108 Å². The number of rotatable bonds is 7. The first-order valence-electron chi connectivity index (χ1n) is 10.8. The second kappa shape index (κ2) is 9.40. The fourth-order valence-corrected chi connectivity index (χ4v) is 3.90. The summed E-state index contributed by atoms with van der Waals surface area (Å²) < 4.78 is 7.82. The lowest BCUT2D eigenvalue weighted by molar-refractivity contribution is -0.123. The van der Waals surface area contributed by atoms with Crippen molar-refractivity contribution in [2.75, 3.05) is 6.61 Å². The van der Waals surface area contributed by atoms with E-state index < -0.39 is 0 Å². The number of fused-ring (bicyclic) bond motifs is 2. The van der Waals surface area contributed by atoms with Crippen molar-refractivity contribution in [1.29, 1.82) is 0 Å². The Morgan fingerprint density at radius 1 is 0.879 bits per heavy atom. The van der Waals surface area contributed by atoms with E-state index in [9.17, 15) is 4.79 Å². The van der Waals surface area contributed by atoms with E-state index >= 15 is 0 Å². The molecule has 5 aromatic rings. The van der Waals surface area contributed by atoms with Gasteiger partial charge in [0, 0.05) is 29.2 Å². The summed E-state index contributed by atoms with van der Waals surface area (Å²) in [4.78, 5) is 12.2. The molecule has 0 saturated heterocycles. The Kier molecular flexibility index (Phi) is 5.85. The van der Waals surface area contributed by atoms with E-state index in [1.807, 2.05) is 72.8 Å². The highest BCUT2D eigenvalue weighted by molar-refractivity contribution is 5.99. The molecule has 0 atom stereocenters. The van der Waals surface area contributed by atoms with E-state index in [4.69, 9.17) is 4.74 Å². The van der Waals surface area contributed by atoms with Crippen molar-refractivity contribution in [3.05, 3.63) is 114 Å². The lowest BCUT2D eigenvalue weighted by atomic mass is 10.1. The number of hydrazone groups is 1. The number of hydrogen-bond donors (Lipinski definition) is 1. The van der Waals surface area contributed by atoms with Crippen LogP contribution in [0.3, 0.4) is 0 Å². The summed E-state index contributed by atoms with van der Waals surface area (Å²) in [5, 5.41) is 7.44. The zero-order chi connectivity index (χ0) is 22.5. The Labute approximate surface area is 191 Å². The molecule has 1 amide bonds. The third-order valence-electron chi connectivity index (χ3n) is 5.50. The van der Waals surface area contributed by atoms with Gasteiger partial charge >= 0.3 is 0 Å². The molecule has 0 fully saturated rings. The normalized spacial score (nSPS) is 11.3. The third-order valence-corrected chi connectivity index (χ3v) is 5.50. The molecule has 0 spiro atoms. The van der Waals surface area contributed by atoms with Crippen molar-refractivity contribution in [2.45, 2.75) is 6.54 Å². The smallest absolute Gasteiger partial charge is 0.277 e. The van der Waals surface area contributed by atoms with Crippen LogP contribution in [0.25, 0.3) is 21.7 Å². The van der Waals surface area contributed by atoms with Crippen LogP contribution in [0.4, 0.5) is 0 Å². The van der Waals surface area contributed by atoms with Gasteiger partial charge in [-0.15, -0.1) is 0 Å². The van der Waals surface area contributed by atoms with Gasteiger partial charge in [-0.05, 0) is 34.5 Å². The average Bonchev–Trinajstić information content (AvgIpc) is 3.20. The first-order chi connectivity index (χ1) is 16.3. The van der Waals surface area contributed by atoms with Crippen molar-refractivity contribution in [3.63, 3.8) is 0 Å². The number of benzene rings is 4. The van der Waals surface area contributed by atoms with Crippen LogP contribution < -0.4 is 10.2 Å². The van der Waals surface area contributed by atoms with Gasteiger partial charge in [-0.25, -0.2) is 5.43 Å². The van der Waals surface area contributed by atoms with Crippen LogP contribution in [0.2, 0.25) is 0 Å². The molecule has 0 aliphatic rings. The molecule has 0 radical (unpaired) electrons.